The van der Waals surface area contributed by atoms with Gasteiger partial charge < -0.3 is 5.32 Å². The molecule has 0 bridgehead atoms. The minimum absolute atomic E-state index is 0.233. The molecule has 2 heterocycles. The average Bonchev–Trinajstić information content (AvgIpc) is 2.93. The van der Waals surface area contributed by atoms with E-state index < -0.39 is 0 Å². The molecule has 0 spiro atoms. The van der Waals surface area contributed by atoms with Crippen molar-refractivity contribution in [1.29, 1.82) is 0 Å². The van der Waals surface area contributed by atoms with Crippen LogP contribution >= 0.6 is 11.3 Å². The van der Waals surface area contributed by atoms with Gasteiger partial charge in [0.2, 0.25) is 0 Å². The van der Waals surface area contributed by atoms with Crippen LogP contribution < -0.4 is 5.32 Å². The van der Waals surface area contributed by atoms with Crippen molar-refractivity contribution in [1.82, 2.24) is 10.2 Å². The molecule has 1 aromatic carbocycles. The maximum atomic E-state index is 4.20. The van der Waals surface area contributed by atoms with Crippen LogP contribution in [0.5, 0.6) is 0 Å². The number of nitrogens with one attached hydrogen (secondary N) is 1. The van der Waals surface area contributed by atoms with Crippen LogP contribution in [-0.2, 0) is 0 Å². The fourth-order valence-electron chi connectivity index (χ4n) is 1.94. The topological polar surface area (TPSA) is 37.8 Å². The first-order valence-electron chi connectivity index (χ1n) is 5.83. The molecule has 1 atom stereocenters. The molecule has 3 aromatic rings. The Bertz CT molecular complexity index is 644. The summed E-state index contributed by atoms with van der Waals surface area (Å²) in [6.07, 6.45) is 1.79. The highest BCUT2D eigenvalue weighted by molar-refractivity contribution is 7.07. The van der Waals surface area contributed by atoms with E-state index in [1.54, 1.807) is 17.5 Å². The molecule has 0 amide bonds. The maximum absolute atomic E-state index is 4.20. The highest BCUT2D eigenvalue weighted by atomic mass is 32.1. The summed E-state index contributed by atoms with van der Waals surface area (Å²) in [4.78, 5) is 0. The van der Waals surface area contributed by atoms with E-state index in [4.69, 9.17) is 0 Å². The first-order valence-corrected chi connectivity index (χ1v) is 6.78. The zero-order valence-electron chi connectivity index (χ0n) is 10.00. The Hall–Kier alpha value is -1.94. The van der Waals surface area contributed by atoms with Gasteiger partial charge in [0.15, 0.2) is 5.82 Å². The lowest BCUT2D eigenvalue weighted by Crippen LogP contribution is -2.08. The van der Waals surface area contributed by atoms with Crippen molar-refractivity contribution < 1.29 is 0 Å². The van der Waals surface area contributed by atoms with Crippen molar-refractivity contribution >= 4 is 27.9 Å². The van der Waals surface area contributed by atoms with Crippen molar-refractivity contribution in [2.75, 3.05) is 5.32 Å². The van der Waals surface area contributed by atoms with Gasteiger partial charge >= 0.3 is 0 Å². The molecule has 0 fully saturated rings. The average molecular weight is 255 g/mol. The number of thiophene rings is 1. The standard InChI is InChI=1S/C14H13N3S/c1-10(12-6-7-18-9-12)16-14-13-5-3-2-4-11(13)8-15-17-14/h2-10H,1H3,(H,16,17). The zero-order valence-corrected chi connectivity index (χ0v) is 10.8. The lowest BCUT2D eigenvalue weighted by molar-refractivity contribution is 0.870. The highest BCUT2D eigenvalue weighted by Gasteiger charge is 2.09. The summed E-state index contributed by atoms with van der Waals surface area (Å²) in [5.74, 6) is 0.840. The van der Waals surface area contributed by atoms with E-state index in [1.165, 1.54) is 5.56 Å². The van der Waals surface area contributed by atoms with Crippen LogP contribution in [-0.4, -0.2) is 10.2 Å². The molecule has 0 radical (unpaired) electrons. The molecule has 0 saturated heterocycles. The third-order valence-electron chi connectivity index (χ3n) is 2.97. The Morgan fingerprint density at radius 1 is 1.22 bits per heavy atom. The van der Waals surface area contributed by atoms with Gasteiger partial charge in [-0.3, -0.25) is 0 Å². The second-order valence-electron chi connectivity index (χ2n) is 4.20. The van der Waals surface area contributed by atoms with Crippen LogP contribution in [0.3, 0.4) is 0 Å². The molecule has 0 aliphatic carbocycles. The smallest absolute Gasteiger partial charge is 0.157 e. The molecule has 3 rings (SSSR count). The van der Waals surface area contributed by atoms with Gasteiger partial charge in [-0.05, 0) is 29.3 Å². The van der Waals surface area contributed by atoms with Crippen LogP contribution in [0.4, 0.5) is 5.82 Å². The normalized spacial score (nSPS) is 12.5. The molecule has 18 heavy (non-hydrogen) atoms. The van der Waals surface area contributed by atoms with Crippen molar-refractivity contribution in [3.63, 3.8) is 0 Å². The van der Waals surface area contributed by atoms with Gasteiger partial charge in [0.05, 0.1) is 12.2 Å². The lowest BCUT2D eigenvalue weighted by atomic mass is 10.1. The number of fused-ring (bicyclic) bond motifs is 1. The number of benzene rings is 1. The molecule has 0 aliphatic rings. The first-order chi connectivity index (χ1) is 8.84. The number of nitrogens with zero attached hydrogens (tertiary/aromatic N) is 2. The Balaban J connectivity index is 1.95. The van der Waals surface area contributed by atoms with Crippen molar-refractivity contribution in [2.45, 2.75) is 13.0 Å². The second-order valence-corrected chi connectivity index (χ2v) is 4.98. The van der Waals surface area contributed by atoms with E-state index in [2.05, 4.69) is 45.3 Å². The molecule has 0 saturated carbocycles. The monoisotopic (exact) mass is 255 g/mol. The molecule has 1 N–H and O–H groups in total. The number of rotatable bonds is 3. The summed E-state index contributed by atoms with van der Waals surface area (Å²) in [5, 5.41) is 18.1. The Morgan fingerprint density at radius 3 is 2.94 bits per heavy atom. The Labute approximate surface area is 109 Å². The Kier molecular flexibility index (Phi) is 2.94. The van der Waals surface area contributed by atoms with Gasteiger partial charge in [0.1, 0.15) is 0 Å². The predicted molar refractivity (Wildman–Crippen MR) is 75.9 cm³/mol. The summed E-state index contributed by atoms with van der Waals surface area (Å²) in [5.41, 5.74) is 1.27. The third kappa shape index (κ3) is 2.07. The van der Waals surface area contributed by atoms with E-state index >= 15 is 0 Å². The minimum atomic E-state index is 0.233. The number of anilines is 1. The molecule has 90 valence electrons. The van der Waals surface area contributed by atoms with Gasteiger partial charge in [-0.2, -0.15) is 16.4 Å². The summed E-state index contributed by atoms with van der Waals surface area (Å²) in [6, 6.07) is 10.5. The van der Waals surface area contributed by atoms with Gasteiger partial charge in [0, 0.05) is 10.8 Å². The molecule has 4 heteroatoms. The summed E-state index contributed by atoms with van der Waals surface area (Å²) < 4.78 is 0. The van der Waals surface area contributed by atoms with Gasteiger partial charge in [-0.25, -0.2) is 0 Å². The summed E-state index contributed by atoms with van der Waals surface area (Å²) in [7, 11) is 0. The SMILES string of the molecule is CC(Nc1nncc2ccccc12)c1ccsc1. The predicted octanol–water partition coefficient (Wildman–Crippen LogP) is 3.86. The van der Waals surface area contributed by atoms with E-state index in [0.29, 0.717) is 0 Å². The van der Waals surface area contributed by atoms with E-state index in [0.717, 1.165) is 16.6 Å². The van der Waals surface area contributed by atoms with E-state index in [-0.39, 0.29) is 6.04 Å². The maximum Gasteiger partial charge on any atom is 0.157 e. The fourth-order valence-corrected chi connectivity index (χ4v) is 2.70. The largest absolute Gasteiger partial charge is 0.362 e. The van der Waals surface area contributed by atoms with Crippen molar-refractivity contribution in [3.05, 3.63) is 52.9 Å². The van der Waals surface area contributed by atoms with Crippen LogP contribution in [0.1, 0.15) is 18.5 Å². The van der Waals surface area contributed by atoms with Crippen LogP contribution in [0, 0.1) is 0 Å². The highest BCUT2D eigenvalue weighted by Crippen LogP contribution is 2.24. The second kappa shape index (κ2) is 4.74. The van der Waals surface area contributed by atoms with Crippen molar-refractivity contribution in [3.8, 4) is 0 Å². The quantitative estimate of drug-likeness (QED) is 0.772. The molecule has 2 aromatic heterocycles. The number of hydrogen-bond donors (Lipinski definition) is 1. The van der Waals surface area contributed by atoms with Crippen LogP contribution in [0.25, 0.3) is 10.8 Å². The molecular formula is C14H13N3S. The molecule has 3 nitrogen and oxygen atoms in total. The summed E-state index contributed by atoms with van der Waals surface area (Å²) >= 11 is 1.71. The zero-order chi connectivity index (χ0) is 12.4. The molecule has 0 aliphatic heterocycles. The van der Waals surface area contributed by atoms with Gasteiger partial charge in [0.25, 0.3) is 0 Å². The number of aromatic nitrogens is 2. The molecule has 1 unspecified atom stereocenters. The van der Waals surface area contributed by atoms with E-state index in [9.17, 15) is 0 Å². The molecular weight excluding hydrogens is 242 g/mol. The lowest BCUT2D eigenvalue weighted by Gasteiger charge is -2.14. The fraction of sp³-hybridized carbons (Fsp3) is 0.143. The number of hydrogen-bond acceptors (Lipinski definition) is 4. The first kappa shape index (κ1) is 11.2. The minimum Gasteiger partial charge on any atom is -0.362 e. The van der Waals surface area contributed by atoms with Crippen molar-refractivity contribution in [2.24, 2.45) is 0 Å². The van der Waals surface area contributed by atoms with Crippen LogP contribution in [0.2, 0.25) is 0 Å². The third-order valence-corrected chi connectivity index (χ3v) is 3.67. The van der Waals surface area contributed by atoms with Gasteiger partial charge in [-0.1, -0.05) is 24.3 Å². The van der Waals surface area contributed by atoms with Gasteiger partial charge in [-0.15, -0.1) is 5.10 Å². The van der Waals surface area contributed by atoms with Crippen LogP contribution in [0.15, 0.2) is 47.3 Å². The van der Waals surface area contributed by atoms with E-state index in [1.807, 2.05) is 18.2 Å². The summed E-state index contributed by atoms with van der Waals surface area (Å²) in [6.45, 7) is 2.13. The Morgan fingerprint density at radius 2 is 2.11 bits per heavy atom.